The molecule has 3 rings (SSSR count). The first-order valence-corrected chi connectivity index (χ1v) is 8.90. The fourth-order valence-electron chi connectivity index (χ4n) is 3.52. The van der Waals surface area contributed by atoms with Crippen LogP contribution >= 0.6 is 0 Å². The molecule has 0 radical (unpaired) electrons. The molecule has 8 nitrogen and oxygen atoms in total. The minimum absolute atomic E-state index is 0.0140. The number of carbonyl (C=O) groups excluding carboxylic acids is 2. The Morgan fingerprint density at radius 3 is 2.58 bits per heavy atom. The fourth-order valence-corrected chi connectivity index (χ4v) is 3.52. The Labute approximate surface area is 151 Å². The fraction of sp³-hybridized carbons (Fsp3) is 0.500. The number of nitrogens with zero attached hydrogens (tertiary/aromatic N) is 1. The van der Waals surface area contributed by atoms with Crippen LogP contribution in [0.3, 0.4) is 0 Å². The Morgan fingerprint density at radius 2 is 1.96 bits per heavy atom. The van der Waals surface area contributed by atoms with Crippen molar-refractivity contribution in [3.05, 3.63) is 23.8 Å². The van der Waals surface area contributed by atoms with Crippen molar-refractivity contribution in [1.29, 1.82) is 0 Å². The van der Waals surface area contributed by atoms with E-state index in [9.17, 15) is 14.4 Å². The monoisotopic (exact) mass is 360 g/mol. The zero-order chi connectivity index (χ0) is 18.7. The number of aryl methyl sites for hydroxylation is 1. The average Bonchev–Trinajstić information content (AvgIpc) is 3.03. The largest absolute Gasteiger partial charge is 0.481 e. The molecule has 1 saturated carbocycles. The maximum atomic E-state index is 12.2. The third kappa shape index (κ3) is 4.07. The van der Waals surface area contributed by atoms with Gasteiger partial charge >= 0.3 is 18.0 Å². The van der Waals surface area contributed by atoms with Gasteiger partial charge in [-0.15, -0.1) is 0 Å². The van der Waals surface area contributed by atoms with Crippen molar-refractivity contribution in [3.8, 4) is 0 Å². The van der Waals surface area contributed by atoms with Gasteiger partial charge in [0, 0.05) is 24.8 Å². The van der Waals surface area contributed by atoms with E-state index < -0.39 is 5.97 Å². The number of amides is 4. The number of aliphatic carboxylic acids is 1. The summed E-state index contributed by atoms with van der Waals surface area (Å²) < 4.78 is 0. The second kappa shape index (κ2) is 7.63. The molecule has 140 valence electrons. The summed E-state index contributed by atoms with van der Waals surface area (Å²) in [6.07, 6.45) is 2.49. The lowest BCUT2D eigenvalue weighted by Crippen LogP contribution is -2.41. The van der Waals surface area contributed by atoms with E-state index in [1.807, 2.05) is 13.0 Å². The van der Waals surface area contributed by atoms with Crippen molar-refractivity contribution in [2.75, 3.05) is 23.3 Å². The quantitative estimate of drug-likeness (QED) is 0.660. The van der Waals surface area contributed by atoms with E-state index in [0.717, 1.165) is 11.3 Å². The highest BCUT2D eigenvalue weighted by Gasteiger charge is 2.27. The third-order valence-electron chi connectivity index (χ3n) is 5.03. The lowest BCUT2D eigenvalue weighted by atomic mass is 9.86. The highest BCUT2D eigenvalue weighted by molar-refractivity contribution is 5.96. The van der Waals surface area contributed by atoms with Crippen LogP contribution in [-0.2, 0) is 4.79 Å². The summed E-state index contributed by atoms with van der Waals surface area (Å²) in [5.74, 6) is -1.06. The first-order valence-electron chi connectivity index (χ1n) is 8.90. The van der Waals surface area contributed by atoms with Crippen LogP contribution in [0.5, 0.6) is 0 Å². The predicted molar refractivity (Wildman–Crippen MR) is 97.5 cm³/mol. The molecule has 1 aliphatic carbocycles. The number of carboxylic acid groups (broad SMARTS) is 1. The molecule has 2 aliphatic rings. The molecule has 4 amide bonds. The van der Waals surface area contributed by atoms with Gasteiger partial charge in [0.05, 0.1) is 11.6 Å². The molecule has 1 aliphatic heterocycles. The van der Waals surface area contributed by atoms with Crippen LogP contribution in [0.15, 0.2) is 18.2 Å². The molecule has 0 atom stereocenters. The van der Waals surface area contributed by atoms with Crippen LogP contribution in [0.25, 0.3) is 0 Å². The van der Waals surface area contributed by atoms with Gasteiger partial charge in [0.15, 0.2) is 0 Å². The molecule has 0 bridgehead atoms. The second-order valence-corrected chi connectivity index (χ2v) is 6.87. The summed E-state index contributed by atoms with van der Waals surface area (Å²) in [5, 5.41) is 17.5. The molecule has 1 aromatic rings. The smallest absolute Gasteiger partial charge is 0.322 e. The number of urea groups is 2. The summed E-state index contributed by atoms with van der Waals surface area (Å²) in [5.41, 5.74) is 2.35. The Hall–Kier alpha value is -2.77. The number of carboxylic acids is 1. The van der Waals surface area contributed by atoms with E-state index in [-0.39, 0.29) is 24.0 Å². The van der Waals surface area contributed by atoms with Gasteiger partial charge in [-0.05, 0) is 50.3 Å². The summed E-state index contributed by atoms with van der Waals surface area (Å²) in [7, 11) is 0. The molecule has 0 unspecified atom stereocenters. The molecule has 0 spiro atoms. The number of nitrogens with one attached hydrogen (secondary N) is 3. The van der Waals surface area contributed by atoms with Gasteiger partial charge in [0.1, 0.15) is 0 Å². The highest BCUT2D eigenvalue weighted by Crippen LogP contribution is 2.26. The van der Waals surface area contributed by atoms with Gasteiger partial charge in [-0.3, -0.25) is 9.69 Å². The Balaban J connectivity index is 1.58. The number of hydrogen-bond donors (Lipinski definition) is 4. The molecule has 1 heterocycles. The van der Waals surface area contributed by atoms with Gasteiger partial charge in [-0.1, -0.05) is 6.07 Å². The predicted octanol–water partition coefficient (Wildman–Crippen LogP) is 2.29. The van der Waals surface area contributed by atoms with Gasteiger partial charge in [0.2, 0.25) is 0 Å². The number of hydrogen-bond acceptors (Lipinski definition) is 3. The van der Waals surface area contributed by atoms with E-state index in [2.05, 4.69) is 16.0 Å². The maximum Gasteiger partial charge on any atom is 0.322 e. The lowest BCUT2D eigenvalue weighted by molar-refractivity contribution is -0.142. The van der Waals surface area contributed by atoms with Gasteiger partial charge in [-0.25, -0.2) is 9.59 Å². The standard InChI is InChI=1S/C18H24N4O4/c1-11-2-5-14(10-15(11)22-9-8-19-18(22)26)21-17(25)20-13-6-3-12(4-7-13)16(23)24/h2,5,10,12-13H,3-4,6-9H2,1H3,(H,19,26)(H,23,24)(H2,20,21,25). The normalized spacial score (nSPS) is 22.7. The molecule has 0 aromatic heterocycles. The molecular weight excluding hydrogens is 336 g/mol. The van der Waals surface area contributed by atoms with Crippen molar-refractivity contribution in [1.82, 2.24) is 10.6 Å². The first-order chi connectivity index (χ1) is 12.4. The van der Waals surface area contributed by atoms with Crippen molar-refractivity contribution in [3.63, 3.8) is 0 Å². The van der Waals surface area contributed by atoms with Crippen molar-refractivity contribution in [2.45, 2.75) is 38.6 Å². The van der Waals surface area contributed by atoms with Crippen LogP contribution in [0, 0.1) is 12.8 Å². The molecule has 8 heteroatoms. The first kappa shape index (κ1) is 18.0. The Morgan fingerprint density at radius 1 is 1.23 bits per heavy atom. The van der Waals surface area contributed by atoms with Gasteiger partial charge < -0.3 is 21.1 Å². The number of anilines is 2. The van der Waals surface area contributed by atoms with Crippen LogP contribution in [0.4, 0.5) is 21.0 Å². The van der Waals surface area contributed by atoms with E-state index in [1.54, 1.807) is 17.0 Å². The van der Waals surface area contributed by atoms with Crippen LogP contribution in [0.2, 0.25) is 0 Å². The van der Waals surface area contributed by atoms with E-state index in [4.69, 9.17) is 5.11 Å². The molecule has 1 aromatic carbocycles. The van der Waals surface area contributed by atoms with Crippen molar-refractivity contribution in [2.24, 2.45) is 5.92 Å². The van der Waals surface area contributed by atoms with Crippen LogP contribution in [0.1, 0.15) is 31.2 Å². The Kier molecular flexibility index (Phi) is 5.29. The maximum absolute atomic E-state index is 12.2. The summed E-state index contributed by atoms with van der Waals surface area (Å²) in [4.78, 5) is 36.8. The van der Waals surface area contributed by atoms with E-state index >= 15 is 0 Å². The van der Waals surface area contributed by atoms with Crippen LogP contribution in [-0.4, -0.2) is 42.3 Å². The number of rotatable bonds is 4. The molecule has 2 fully saturated rings. The topological polar surface area (TPSA) is 111 Å². The van der Waals surface area contributed by atoms with Crippen molar-refractivity contribution >= 4 is 29.4 Å². The summed E-state index contributed by atoms with van der Waals surface area (Å²) >= 11 is 0. The average molecular weight is 360 g/mol. The van der Waals surface area contributed by atoms with Crippen molar-refractivity contribution < 1.29 is 19.5 Å². The van der Waals surface area contributed by atoms with Gasteiger partial charge in [-0.2, -0.15) is 0 Å². The van der Waals surface area contributed by atoms with E-state index in [1.165, 1.54) is 0 Å². The van der Waals surface area contributed by atoms with Crippen LogP contribution < -0.4 is 20.9 Å². The minimum Gasteiger partial charge on any atom is -0.481 e. The minimum atomic E-state index is -0.758. The zero-order valence-electron chi connectivity index (χ0n) is 14.7. The molecule has 4 N–H and O–H groups in total. The molecular formula is C18H24N4O4. The number of carbonyl (C=O) groups is 3. The zero-order valence-corrected chi connectivity index (χ0v) is 14.7. The molecule has 1 saturated heterocycles. The van der Waals surface area contributed by atoms with Gasteiger partial charge in [0.25, 0.3) is 0 Å². The SMILES string of the molecule is Cc1ccc(NC(=O)NC2CCC(C(=O)O)CC2)cc1N1CCNC1=O. The summed E-state index contributed by atoms with van der Waals surface area (Å²) in [6, 6.07) is 5.00. The lowest BCUT2D eigenvalue weighted by Gasteiger charge is -2.27. The molecule has 26 heavy (non-hydrogen) atoms. The highest BCUT2D eigenvalue weighted by atomic mass is 16.4. The second-order valence-electron chi connectivity index (χ2n) is 6.87. The third-order valence-corrected chi connectivity index (χ3v) is 5.03. The Bertz CT molecular complexity index is 713. The number of benzene rings is 1. The van der Waals surface area contributed by atoms with E-state index in [0.29, 0.717) is 44.5 Å². The summed E-state index contributed by atoms with van der Waals surface area (Å²) in [6.45, 7) is 3.13.